The van der Waals surface area contributed by atoms with Gasteiger partial charge >= 0.3 is 0 Å². The zero-order valence-corrected chi connectivity index (χ0v) is 21.1. The highest BCUT2D eigenvalue weighted by Crippen LogP contribution is 2.29. The van der Waals surface area contributed by atoms with Crippen molar-refractivity contribution in [2.75, 3.05) is 13.1 Å². The maximum Gasteiger partial charge on any atom is 0.191 e. The normalized spacial score (nSPS) is 12.4. The van der Waals surface area contributed by atoms with Crippen molar-refractivity contribution in [3.05, 3.63) is 89.1 Å². The van der Waals surface area contributed by atoms with Gasteiger partial charge in [0.25, 0.3) is 0 Å². The molecule has 32 heavy (non-hydrogen) atoms. The van der Waals surface area contributed by atoms with Crippen LogP contribution in [0.2, 0.25) is 0 Å². The SMILES string of the molecule is CCNC(=NCc1cnn(Cc2ccccc2)c1)NCC(O)c1cc2ccccc2s1.I. The molecule has 1 atom stereocenters. The second kappa shape index (κ2) is 12.0. The minimum absolute atomic E-state index is 0. The van der Waals surface area contributed by atoms with E-state index in [1.54, 1.807) is 11.3 Å². The summed E-state index contributed by atoms with van der Waals surface area (Å²) in [7, 11) is 0. The van der Waals surface area contributed by atoms with Gasteiger partial charge in [-0.05, 0) is 30.0 Å². The van der Waals surface area contributed by atoms with E-state index < -0.39 is 6.10 Å². The maximum atomic E-state index is 10.6. The summed E-state index contributed by atoms with van der Waals surface area (Å²) < 4.78 is 3.11. The van der Waals surface area contributed by atoms with Crippen molar-refractivity contribution in [1.82, 2.24) is 20.4 Å². The average Bonchev–Trinajstić information content (AvgIpc) is 3.43. The number of guanidine groups is 1. The van der Waals surface area contributed by atoms with Crippen LogP contribution in [0.15, 0.2) is 78.0 Å². The Balaban J connectivity index is 0.00000289. The summed E-state index contributed by atoms with van der Waals surface area (Å²) in [5, 5.41) is 22.7. The van der Waals surface area contributed by atoms with Gasteiger partial charge in [0.1, 0.15) is 6.10 Å². The smallest absolute Gasteiger partial charge is 0.191 e. The quantitative estimate of drug-likeness (QED) is 0.168. The lowest BCUT2D eigenvalue weighted by Crippen LogP contribution is -2.39. The molecule has 0 saturated heterocycles. The number of aromatic nitrogens is 2. The van der Waals surface area contributed by atoms with E-state index in [9.17, 15) is 5.11 Å². The van der Waals surface area contributed by atoms with Crippen molar-refractivity contribution in [2.45, 2.75) is 26.1 Å². The van der Waals surface area contributed by atoms with E-state index in [2.05, 4.69) is 51.1 Å². The number of hydrogen-bond donors (Lipinski definition) is 3. The molecule has 0 saturated carbocycles. The van der Waals surface area contributed by atoms with Gasteiger partial charge in [-0.3, -0.25) is 4.68 Å². The Morgan fingerprint density at radius 1 is 1.09 bits per heavy atom. The Morgan fingerprint density at radius 2 is 1.88 bits per heavy atom. The molecule has 0 aliphatic heterocycles. The molecule has 0 bridgehead atoms. The third-order valence-corrected chi connectivity index (χ3v) is 6.09. The van der Waals surface area contributed by atoms with Crippen molar-refractivity contribution >= 4 is 51.4 Å². The van der Waals surface area contributed by atoms with E-state index in [0.29, 0.717) is 19.0 Å². The molecular weight excluding hydrogens is 533 g/mol. The highest BCUT2D eigenvalue weighted by Gasteiger charge is 2.12. The summed E-state index contributed by atoms with van der Waals surface area (Å²) in [5.74, 6) is 0.679. The molecule has 4 aromatic rings. The molecule has 8 heteroatoms. The first kappa shape index (κ1) is 24.2. The number of hydrogen-bond acceptors (Lipinski definition) is 4. The number of benzene rings is 2. The van der Waals surface area contributed by atoms with E-state index in [4.69, 9.17) is 0 Å². The monoisotopic (exact) mass is 561 g/mol. The predicted molar refractivity (Wildman–Crippen MR) is 143 cm³/mol. The highest BCUT2D eigenvalue weighted by molar-refractivity contribution is 14.0. The van der Waals surface area contributed by atoms with Crippen LogP contribution in [-0.2, 0) is 13.1 Å². The second-order valence-electron chi connectivity index (χ2n) is 7.31. The summed E-state index contributed by atoms with van der Waals surface area (Å²) >= 11 is 1.62. The van der Waals surface area contributed by atoms with Crippen molar-refractivity contribution in [2.24, 2.45) is 4.99 Å². The third kappa shape index (κ3) is 6.54. The Bertz CT molecular complexity index is 1110. The second-order valence-corrected chi connectivity index (χ2v) is 8.43. The minimum atomic E-state index is -0.588. The van der Waals surface area contributed by atoms with Gasteiger partial charge in [0, 0.05) is 34.4 Å². The van der Waals surface area contributed by atoms with Gasteiger partial charge in [0.15, 0.2) is 5.96 Å². The van der Waals surface area contributed by atoms with Gasteiger partial charge in [-0.1, -0.05) is 48.5 Å². The van der Waals surface area contributed by atoms with Crippen LogP contribution in [-0.4, -0.2) is 33.9 Å². The highest BCUT2D eigenvalue weighted by atomic mass is 127. The maximum absolute atomic E-state index is 10.6. The fourth-order valence-electron chi connectivity index (χ4n) is 3.32. The molecule has 0 aliphatic carbocycles. The number of aliphatic hydroxyl groups is 1. The molecule has 0 aliphatic rings. The largest absolute Gasteiger partial charge is 0.386 e. The van der Waals surface area contributed by atoms with Crippen molar-refractivity contribution in [3.8, 4) is 0 Å². The topological polar surface area (TPSA) is 74.5 Å². The van der Waals surface area contributed by atoms with Crippen molar-refractivity contribution < 1.29 is 5.11 Å². The Labute approximate surface area is 209 Å². The Hall–Kier alpha value is -2.43. The molecule has 3 N–H and O–H groups in total. The molecule has 0 fully saturated rings. The first-order valence-electron chi connectivity index (χ1n) is 10.4. The molecule has 2 heterocycles. The van der Waals surface area contributed by atoms with Gasteiger partial charge in [0.2, 0.25) is 0 Å². The number of nitrogens with one attached hydrogen (secondary N) is 2. The van der Waals surface area contributed by atoms with Crippen LogP contribution in [0.4, 0.5) is 0 Å². The third-order valence-electron chi connectivity index (χ3n) is 4.87. The fraction of sp³-hybridized carbons (Fsp3) is 0.250. The van der Waals surface area contributed by atoms with Crippen LogP contribution in [0.5, 0.6) is 0 Å². The lowest BCUT2D eigenvalue weighted by Gasteiger charge is -2.14. The molecule has 6 nitrogen and oxygen atoms in total. The molecule has 0 amide bonds. The van der Waals surface area contributed by atoms with E-state index in [1.165, 1.54) is 10.3 Å². The van der Waals surface area contributed by atoms with E-state index in [-0.39, 0.29) is 24.0 Å². The van der Waals surface area contributed by atoms with Crippen LogP contribution >= 0.6 is 35.3 Å². The van der Waals surface area contributed by atoms with Gasteiger partial charge < -0.3 is 15.7 Å². The van der Waals surface area contributed by atoms with Gasteiger partial charge in [-0.25, -0.2) is 4.99 Å². The lowest BCUT2D eigenvalue weighted by atomic mass is 10.2. The minimum Gasteiger partial charge on any atom is -0.386 e. The molecule has 0 radical (unpaired) electrons. The van der Waals surface area contributed by atoms with Gasteiger partial charge in [-0.15, -0.1) is 35.3 Å². The molecular formula is C24H28IN5OS. The zero-order valence-electron chi connectivity index (χ0n) is 17.9. The van der Waals surface area contributed by atoms with Crippen LogP contribution in [0.25, 0.3) is 10.1 Å². The summed E-state index contributed by atoms with van der Waals surface area (Å²) in [6.45, 7) is 4.43. The number of aliphatic hydroxyl groups excluding tert-OH is 1. The van der Waals surface area contributed by atoms with E-state index >= 15 is 0 Å². The van der Waals surface area contributed by atoms with Crippen LogP contribution in [0.3, 0.4) is 0 Å². The van der Waals surface area contributed by atoms with Gasteiger partial charge in [-0.2, -0.15) is 5.10 Å². The molecule has 168 valence electrons. The summed E-state index contributed by atoms with van der Waals surface area (Å²) in [6.07, 6.45) is 3.28. The number of halogens is 1. The number of fused-ring (bicyclic) bond motifs is 1. The van der Waals surface area contributed by atoms with Gasteiger partial charge in [0.05, 0.1) is 19.3 Å². The van der Waals surface area contributed by atoms with Crippen LogP contribution < -0.4 is 10.6 Å². The first-order valence-corrected chi connectivity index (χ1v) is 11.3. The Kier molecular flexibility index (Phi) is 9.07. The van der Waals surface area contributed by atoms with Crippen molar-refractivity contribution in [1.29, 1.82) is 0 Å². The summed E-state index contributed by atoms with van der Waals surface area (Å²) in [6, 6.07) is 20.5. The first-order chi connectivity index (χ1) is 15.2. The standard InChI is InChI=1S/C24H27N5OS.HI/c1-2-25-24(27-15-21(30)23-12-20-10-6-7-11-22(20)31-23)26-13-19-14-28-29(17-19)16-18-8-4-3-5-9-18;/h3-12,14,17,21,30H,2,13,15-16H2,1H3,(H2,25,26,27);1H. The fourth-order valence-corrected chi connectivity index (χ4v) is 4.37. The number of thiophene rings is 1. The number of nitrogens with zero attached hydrogens (tertiary/aromatic N) is 3. The Morgan fingerprint density at radius 3 is 2.66 bits per heavy atom. The average molecular weight is 561 g/mol. The molecule has 2 aromatic carbocycles. The van der Waals surface area contributed by atoms with Crippen molar-refractivity contribution in [3.63, 3.8) is 0 Å². The summed E-state index contributed by atoms with van der Waals surface area (Å²) in [5.41, 5.74) is 2.25. The molecule has 1 unspecified atom stereocenters. The summed E-state index contributed by atoms with van der Waals surface area (Å²) in [4.78, 5) is 5.60. The van der Waals surface area contributed by atoms with Crippen LogP contribution in [0.1, 0.15) is 29.0 Å². The molecule has 2 aromatic heterocycles. The van der Waals surface area contributed by atoms with Crippen LogP contribution in [0, 0.1) is 0 Å². The van der Waals surface area contributed by atoms with E-state index in [0.717, 1.165) is 28.9 Å². The predicted octanol–water partition coefficient (Wildman–Crippen LogP) is 4.55. The lowest BCUT2D eigenvalue weighted by molar-refractivity contribution is 0.184. The number of rotatable bonds is 8. The van der Waals surface area contributed by atoms with E-state index in [1.807, 2.05) is 54.3 Å². The zero-order chi connectivity index (χ0) is 21.5. The molecule has 0 spiro atoms. The molecule has 4 rings (SSSR count). The number of aliphatic imine (C=N–C) groups is 1.